The lowest BCUT2D eigenvalue weighted by Crippen LogP contribution is -2.17. The lowest BCUT2D eigenvalue weighted by molar-refractivity contribution is -0.117. The molecule has 1 saturated carbocycles. The van der Waals surface area contributed by atoms with E-state index in [0.29, 0.717) is 0 Å². The molecule has 51 valence electrons. The fourth-order valence-corrected chi connectivity index (χ4v) is 0.754. The first-order valence-corrected chi connectivity index (χ1v) is 3.32. The minimum atomic E-state index is 0.812. The van der Waals surface area contributed by atoms with Gasteiger partial charge in [0.15, 0.2) is 0 Å². The summed E-state index contributed by atoms with van der Waals surface area (Å²) in [6, 6.07) is 0. The zero-order valence-electron chi connectivity index (χ0n) is 5.71. The molecule has 1 atom stereocenters. The molecule has 1 aliphatic rings. The van der Waals surface area contributed by atoms with Crippen molar-refractivity contribution < 1.29 is 4.79 Å². The number of amides is 1. The number of hydrogen-bond donors (Lipinski definition) is 0. The van der Waals surface area contributed by atoms with Crippen molar-refractivity contribution in [2.75, 3.05) is 13.6 Å². The van der Waals surface area contributed by atoms with E-state index in [1.807, 2.05) is 7.05 Å². The summed E-state index contributed by atoms with van der Waals surface area (Å²) >= 11 is 0. The van der Waals surface area contributed by atoms with Crippen LogP contribution in [0, 0.1) is 12.3 Å². The molecule has 1 rings (SSSR count). The molecule has 0 aliphatic heterocycles. The van der Waals surface area contributed by atoms with Gasteiger partial charge in [0.25, 0.3) is 0 Å². The van der Waals surface area contributed by atoms with Gasteiger partial charge < -0.3 is 4.90 Å². The predicted octanol–water partition coefficient (Wildman–Crippen LogP) is 0.689. The van der Waals surface area contributed by atoms with Crippen molar-refractivity contribution in [1.82, 2.24) is 4.90 Å². The maximum Gasteiger partial charge on any atom is 0.209 e. The normalized spacial score (nSPS) is 17.4. The maximum absolute atomic E-state index is 10.1. The van der Waals surface area contributed by atoms with Gasteiger partial charge in [-0.05, 0) is 25.2 Å². The van der Waals surface area contributed by atoms with Gasteiger partial charge in [0.2, 0.25) is 6.41 Å². The Balaban J connectivity index is 1.95. The molecule has 0 N–H and O–H groups in total. The summed E-state index contributed by atoms with van der Waals surface area (Å²) in [6.45, 7) is 0.907. The van der Waals surface area contributed by atoms with Gasteiger partial charge in [-0.15, -0.1) is 0 Å². The Morgan fingerprint density at radius 2 is 2.56 bits per heavy atom. The molecule has 0 bridgehead atoms. The predicted molar refractivity (Wildman–Crippen MR) is 35.7 cm³/mol. The fraction of sp³-hybridized carbons (Fsp3) is 0.714. The monoisotopic (exact) mass is 126 g/mol. The maximum atomic E-state index is 10.1. The van der Waals surface area contributed by atoms with Crippen molar-refractivity contribution in [3.8, 4) is 0 Å². The number of hydrogen-bond acceptors (Lipinski definition) is 1. The zero-order valence-corrected chi connectivity index (χ0v) is 5.71. The van der Waals surface area contributed by atoms with E-state index in [9.17, 15) is 4.79 Å². The molecule has 1 amide bonds. The van der Waals surface area contributed by atoms with E-state index in [1.165, 1.54) is 6.42 Å². The van der Waals surface area contributed by atoms with Crippen LogP contribution in [0.5, 0.6) is 0 Å². The lowest BCUT2D eigenvalue weighted by Gasteiger charge is -2.07. The van der Waals surface area contributed by atoms with Crippen molar-refractivity contribution in [1.29, 1.82) is 0 Å². The summed E-state index contributed by atoms with van der Waals surface area (Å²) in [7, 11) is 1.81. The molecule has 1 aliphatic carbocycles. The molecule has 0 aromatic heterocycles. The van der Waals surface area contributed by atoms with Crippen molar-refractivity contribution in [2.24, 2.45) is 5.92 Å². The van der Waals surface area contributed by atoms with Gasteiger partial charge in [0.05, 0.1) is 0 Å². The lowest BCUT2D eigenvalue weighted by atomic mass is 10.3. The molecule has 9 heavy (non-hydrogen) atoms. The Bertz CT molecular complexity index is 99.1. The second-order valence-electron chi connectivity index (χ2n) is 2.61. The first kappa shape index (κ1) is 6.59. The molecule has 0 aromatic carbocycles. The number of rotatable bonds is 4. The molecule has 0 saturated heterocycles. The van der Waals surface area contributed by atoms with Gasteiger partial charge in [-0.1, -0.05) is 0 Å². The third kappa shape index (κ3) is 2.49. The quantitative estimate of drug-likeness (QED) is 0.507. The Labute approximate surface area is 55.8 Å². The number of nitrogens with zero attached hydrogens (tertiary/aromatic N) is 1. The Hall–Kier alpha value is -0.530. The van der Waals surface area contributed by atoms with Crippen molar-refractivity contribution in [3.63, 3.8) is 0 Å². The van der Waals surface area contributed by atoms with Crippen molar-refractivity contribution in [3.05, 3.63) is 6.42 Å². The topological polar surface area (TPSA) is 20.3 Å². The van der Waals surface area contributed by atoms with Gasteiger partial charge in [0, 0.05) is 13.6 Å². The summed E-state index contributed by atoms with van der Waals surface area (Å²) in [5.74, 6) is 0.812. The van der Waals surface area contributed by atoms with Crippen LogP contribution in [0.2, 0.25) is 0 Å². The van der Waals surface area contributed by atoms with E-state index in [-0.39, 0.29) is 0 Å². The van der Waals surface area contributed by atoms with E-state index in [1.54, 1.807) is 4.90 Å². The smallest absolute Gasteiger partial charge is 0.209 e. The highest BCUT2D eigenvalue weighted by atomic mass is 16.1. The van der Waals surface area contributed by atoms with Gasteiger partial charge in [0.1, 0.15) is 0 Å². The first-order valence-electron chi connectivity index (χ1n) is 3.32. The van der Waals surface area contributed by atoms with Gasteiger partial charge >= 0.3 is 0 Å². The molecular weight excluding hydrogens is 114 g/mol. The highest BCUT2D eigenvalue weighted by Gasteiger charge is 2.21. The van der Waals surface area contributed by atoms with E-state index >= 15 is 0 Å². The van der Waals surface area contributed by atoms with Gasteiger partial charge in [-0.3, -0.25) is 4.79 Å². The second-order valence-corrected chi connectivity index (χ2v) is 2.61. The summed E-state index contributed by atoms with van der Waals surface area (Å²) in [5.41, 5.74) is 0. The molecule has 1 radical (unpaired) electrons. The zero-order chi connectivity index (χ0) is 6.69. The Morgan fingerprint density at radius 1 is 1.89 bits per heavy atom. The second kappa shape index (κ2) is 2.85. The molecular formula is C7H12NO. The number of carbonyl (C=O) groups excluding carboxylic acids is 1. The summed E-state index contributed by atoms with van der Waals surface area (Å²) in [6.07, 6.45) is 5.56. The SMILES string of the molecule is CN(C=O)CCC1[CH]C1. The molecule has 1 unspecified atom stereocenters. The van der Waals surface area contributed by atoms with Crippen molar-refractivity contribution in [2.45, 2.75) is 12.8 Å². The first-order chi connectivity index (χ1) is 4.33. The molecule has 0 spiro atoms. The third-order valence-corrected chi connectivity index (χ3v) is 1.60. The molecule has 1 fully saturated rings. The van der Waals surface area contributed by atoms with Crippen LogP contribution >= 0.6 is 0 Å². The molecule has 0 aromatic rings. The fourth-order valence-electron chi connectivity index (χ4n) is 0.754. The van der Waals surface area contributed by atoms with E-state index < -0.39 is 0 Å². The summed E-state index contributed by atoms with van der Waals surface area (Å²) in [5, 5.41) is 0. The van der Waals surface area contributed by atoms with Crippen LogP contribution in [0.3, 0.4) is 0 Å². The summed E-state index contributed by atoms with van der Waals surface area (Å²) < 4.78 is 0. The van der Waals surface area contributed by atoms with Crippen LogP contribution in [-0.4, -0.2) is 24.9 Å². The van der Waals surface area contributed by atoms with E-state index in [2.05, 4.69) is 6.42 Å². The van der Waals surface area contributed by atoms with Crippen LogP contribution in [0.25, 0.3) is 0 Å². The molecule has 2 nitrogen and oxygen atoms in total. The van der Waals surface area contributed by atoms with E-state index in [4.69, 9.17) is 0 Å². The minimum absolute atomic E-state index is 0.812. The van der Waals surface area contributed by atoms with Crippen LogP contribution in [-0.2, 0) is 4.79 Å². The van der Waals surface area contributed by atoms with E-state index in [0.717, 1.165) is 25.3 Å². The minimum Gasteiger partial charge on any atom is -0.348 e. The highest BCUT2D eigenvalue weighted by molar-refractivity contribution is 5.46. The van der Waals surface area contributed by atoms with Crippen LogP contribution in [0.4, 0.5) is 0 Å². The van der Waals surface area contributed by atoms with Crippen LogP contribution in [0.1, 0.15) is 12.8 Å². The highest BCUT2D eigenvalue weighted by Crippen LogP contribution is 2.30. The van der Waals surface area contributed by atoms with Gasteiger partial charge in [-0.25, -0.2) is 0 Å². The average molecular weight is 126 g/mol. The average Bonchev–Trinajstić information content (AvgIpc) is 2.65. The third-order valence-electron chi connectivity index (χ3n) is 1.60. The molecule has 0 heterocycles. The van der Waals surface area contributed by atoms with Gasteiger partial charge in [-0.2, -0.15) is 0 Å². The Kier molecular flexibility index (Phi) is 2.09. The standard InChI is InChI=1S/C7H12NO/c1-8(6-9)5-4-7-2-3-7/h2,6-7H,3-5H2,1H3. The van der Waals surface area contributed by atoms with Crippen molar-refractivity contribution >= 4 is 6.41 Å². The molecule has 2 heteroatoms. The largest absolute Gasteiger partial charge is 0.348 e. The van der Waals surface area contributed by atoms with Crippen LogP contribution < -0.4 is 0 Å². The Morgan fingerprint density at radius 3 is 3.00 bits per heavy atom. The summed E-state index contributed by atoms with van der Waals surface area (Å²) in [4.78, 5) is 11.7. The number of carbonyl (C=O) groups is 1. The van der Waals surface area contributed by atoms with Crippen LogP contribution in [0.15, 0.2) is 0 Å².